The van der Waals surface area contributed by atoms with Crippen LogP contribution in [0.25, 0.3) is 5.65 Å². The number of hydrogen-bond donors (Lipinski definition) is 0. The molecule has 3 aromatic rings. The van der Waals surface area contributed by atoms with Crippen LogP contribution >= 0.6 is 0 Å². The van der Waals surface area contributed by atoms with Crippen LogP contribution < -0.4 is 4.90 Å². The summed E-state index contributed by atoms with van der Waals surface area (Å²) >= 11 is 0. The summed E-state index contributed by atoms with van der Waals surface area (Å²) in [4.78, 5) is 19.7. The minimum absolute atomic E-state index is 0.127. The van der Waals surface area contributed by atoms with Crippen molar-refractivity contribution in [1.82, 2.24) is 14.6 Å². The van der Waals surface area contributed by atoms with Crippen LogP contribution in [0.15, 0.2) is 48.7 Å². The summed E-state index contributed by atoms with van der Waals surface area (Å²) in [7, 11) is 0. The fraction of sp³-hybridized carbons (Fsp3) is 0.381. The molecule has 6 nitrogen and oxygen atoms in total. The molecular weight excluding hydrogens is 340 g/mol. The second kappa shape index (κ2) is 6.78. The maximum Gasteiger partial charge on any atom is 0.157 e. The van der Waals surface area contributed by atoms with Crippen molar-refractivity contribution in [3.63, 3.8) is 0 Å². The van der Waals surface area contributed by atoms with Crippen molar-refractivity contribution < 1.29 is 9.53 Å². The first kappa shape index (κ1) is 16.4. The molecule has 2 fully saturated rings. The number of morpholine rings is 1. The van der Waals surface area contributed by atoms with Crippen LogP contribution in [-0.4, -0.2) is 46.7 Å². The lowest BCUT2D eigenvalue weighted by Crippen LogP contribution is -2.37. The van der Waals surface area contributed by atoms with Crippen LogP contribution in [0.1, 0.15) is 23.6 Å². The van der Waals surface area contributed by atoms with Crippen LogP contribution in [0.3, 0.4) is 0 Å². The molecule has 1 saturated carbocycles. The largest absolute Gasteiger partial charge is 0.378 e. The van der Waals surface area contributed by atoms with E-state index in [1.54, 1.807) is 6.20 Å². The Labute approximate surface area is 157 Å². The monoisotopic (exact) mass is 362 g/mol. The van der Waals surface area contributed by atoms with Crippen LogP contribution in [0.5, 0.6) is 0 Å². The van der Waals surface area contributed by atoms with Crippen molar-refractivity contribution in [3.05, 3.63) is 59.9 Å². The highest BCUT2D eigenvalue weighted by Gasteiger charge is 2.43. The van der Waals surface area contributed by atoms with Gasteiger partial charge >= 0.3 is 0 Å². The molecule has 0 amide bonds. The molecule has 6 heteroatoms. The van der Waals surface area contributed by atoms with E-state index in [-0.39, 0.29) is 11.7 Å². The van der Waals surface area contributed by atoms with Crippen LogP contribution in [-0.2, 0) is 16.0 Å². The summed E-state index contributed by atoms with van der Waals surface area (Å²) in [6, 6.07) is 14.2. The molecule has 0 N–H and O–H groups in total. The molecule has 5 rings (SSSR count). The Hall–Kier alpha value is -2.73. The van der Waals surface area contributed by atoms with E-state index in [0.29, 0.717) is 25.6 Å². The predicted octanol–water partition coefficient (Wildman–Crippen LogP) is 2.48. The lowest BCUT2D eigenvalue weighted by molar-refractivity contribution is -0.119. The maximum atomic E-state index is 12.8. The number of benzene rings is 1. The third-order valence-corrected chi connectivity index (χ3v) is 5.52. The van der Waals surface area contributed by atoms with Gasteiger partial charge in [0.25, 0.3) is 0 Å². The van der Waals surface area contributed by atoms with Gasteiger partial charge in [0.1, 0.15) is 11.6 Å². The number of carbonyl (C=O) groups is 1. The number of ketones is 1. The van der Waals surface area contributed by atoms with Gasteiger partial charge in [0.2, 0.25) is 0 Å². The summed E-state index contributed by atoms with van der Waals surface area (Å²) in [5, 5.41) is 4.40. The standard InChI is InChI=1S/C21H22N4O2/c26-19(18-14-17(18)15-4-2-1-3-5-15)12-16-13-21(24-8-10-27-11-9-24)25-20(23-16)6-7-22-25/h1-7,13,17-18H,8-12,14H2/t17-,18+/m1/s1. The second-order valence-electron chi connectivity index (χ2n) is 7.31. The smallest absolute Gasteiger partial charge is 0.157 e. The fourth-order valence-corrected chi connectivity index (χ4v) is 3.98. The van der Waals surface area contributed by atoms with Crippen molar-refractivity contribution >= 4 is 17.2 Å². The molecular formula is C21H22N4O2. The topological polar surface area (TPSA) is 59.7 Å². The molecule has 0 spiro atoms. The number of fused-ring (bicyclic) bond motifs is 1. The zero-order chi connectivity index (χ0) is 18.2. The molecule has 1 aliphatic heterocycles. The maximum absolute atomic E-state index is 12.8. The molecule has 1 saturated heterocycles. The van der Waals surface area contributed by atoms with E-state index < -0.39 is 0 Å². The van der Waals surface area contributed by atoms with Gasteiger partial charge in [-0.3, -0.25) is 4.79 Å². The predicted molar refractivity (Wildman–Crippen MR) is 102 cm³/mol. The summed E-state index contributed by atoms with van der Waals surface area (Å²) in [5.74, 6) is 1.78. The van der Waals surface area contributed by atoms with Crippen molar-refractivity contribution in [2.75, 3.05) is 31.2 Å². The first-order valence-electron chi connectivity index (χ1n) is 9.53. The highest BCUT2D eigenvalue weighted by Crippen LogP contribution is 2.48. The molecule has 0 unspecified atom stereocenters. The molecule has 2 atom stereocenters. The SMILES string of the molecule is O=C(Cc1cc(N2CCOCC2)n2nccc2n1)[C@H]1C[C@@H]1c1ccccc1. The Kier molecular flexibility index (Phi) is 4.13. The number of Topliss-reactive ketones (excluding diaryl/α,β-unsaturated/α-hetero) is 1. The average Bonchev–Trinajstić information content (AvgIpc) is 3.39. The van der Waals surface area contributed by atoms with Gasteiger partial charge in [0, 0.05) is 37.6 Å². The first-order valence-corrected chi connectivity index (χ1v) is 9.53. The van der Waals surface area contributed by atoms with Crippen LogP contribution in [0.2, 0.25) is 0 Å². The Morgan fingerprint density at radius 1 is 1.15 bits per heavy atom. The van der Waals surface area contributed by atoms with E-state index in [9.17, 15) is 4.79 Å². The summed E-state index contributed by atoms with van der Waals surface area (Å²) in [6.45, 7) is 3.07. The van der Waals surface area contributed by atoms with Gasteiger partial charge in [-0.05, 0) is 17.9 Å². The number of aromatic nitrogens is 3. The molecule has 1 aromatic carbocycles. The van der Waals surface area contributed by atoms with Crippen molar-refractivity contribution in [1.29, 1.82) is 0 Å². The first-order chi connectivity index (χ1) is 13.3. The van der Waals surface area contributed by atoms with Gasteiger partial charge in [0.15, 0.2) is 5.65 Å². The molecule has 27 heavy (non-hydrogen) atoms. The number of nitrogens with zero attached hydrogens (tertiary/aromatic N) is 4. The average molecular weight is 362 g/mol. The van der Waals surface area contributed by atoms with Gasteiger partial charge in [-0.15, -0.1) is 0 Å². The highest BCUT2D eigenvalue weighted by atomic mass is 16.5. The number of anilines is 1. The Morgan fingerprint density at radius 3 is 2.78 bits per heavy atom. The zero-order valence-electron chi connectivity index (χ0n) is 15.1. The van der Waals surface area contributed by atoms with E-state index in [1.165, 1.54) is 5.56 Å². The number of ether oxygens (including phenoxy) is 1. The Morgan fingerprint density at radius 2 is 1.96 bits per heavy atom. The van der Waals surface area contributed by atoms with Crippen LogP contribution in [0, 0.1) is 5.92 Å². The van der Waals surface area contributed by atoms with Crippen LogP contribution in [0.4, 0.5) is 5.82 Å². The van der Waals surface area contributed by atoms with E-state index in [1.807, 2.05) is 34.8 Å². The number of rotatable bonds is 5. The van der Waals surface area contributed by atoms with E-state index in [4.69, 9.17) is 4.74 Å². The van der Waals surface area contributed by atoms with Gasteiger partial charge in [0.05, 0.1) is 25.1 Å². The van der Waals surface area contributed by atoms with Gasteiger partial charge in [-0.2, -0.15) is 9.61 Å². The van der Waals surface area contributed by atoms with Gasteiger partial charge in [-0.1, -0.05) is 30.3 Å². The number of hydrogen-bond acceptors (Lipinski definition) is 5. The van der Waals surface area contributed by atoms with E-state index in [2.05, 4.69) is 27.1 Å². The summed E-state index contributed by atoms with van der Waals surface area (Å²) in [5.41, 5.74) is 2.88. The Bertz CT molecular complexity index is 963. The lowest BCUT2D eigenvalue weighted by atomic mass is 10.0. The second-order valence-corrected chi connectivity index (χ2v) is 7.31. The molecule has 0 bridgehead atoms. The summed E-state index contributed by atoms with van der Waals surface area (Å²) in [6.07, 6.45) is 3.09. The van der Waals surface area contributed by atoms with Crippen molar-refractivity contribution in [2.45, 2.75) is 18.8 Å². The minimum Gasteiger partial charge on any atom is -0.378 e. The highest BCUT2D eigenvalue weighted by molar-refractivity contribution is 5.87. The third kappa shape index (κ3) is 3.21. The molecule has 1 aliphatic carbocycles. The van der Waals surface area contributed by atoms with Crippen molar-refractivity contribution in [3.8, 4) is 0 Å². The molecule has 138 valence electrons. The minimum atomic E-state index is 0.127. The normalized spacial score (nSPS) is 22.1. The molecule has 2 aliphatic rings. The van der Waals surface area contributed by atoms with Crippen molar-refractivity contribution in [2.24, 2.45) is 5.92 Å². The molecule has 2 aromatic heterocycles. The van der Waals surface area contributed by atoms with E-state index >= 15 is 0 Å². The third-order valence-electron chi connectivity index (χ3n) is 5.52. The molecule has 0 radical (unpaired) electrons. The lowest BCUT2D eigenvalue weighted by Gasteiger charge is -2.29. The zero-order valence-corrected chi connectivity index (χ0v) is 15.1. The Balaban J connectivity index is 1.37. The van der Waals surface area contributed by atoms with Gasteiger partial charge in [-0.25, -0.2) is 4.98 Å². The quantitative estimate of drug-likeness (QED) is 0.698. The fourth-order valence-electron chi connectivity index (χ4n) is 3.98. The molecule has 3 heterocycles. The number of carbonyl (C=O) groups excluding carboxylic acids is 1. The van der Waals surface area contributed by atoms with Gasteiger partial charge < -0.3 is 9.64 Å². The van der Waals surface area contributed by atoms with E-state index in [0.717, 1.165) is 36.7 Å². The summed E-state index contributed by atoms with van der Waals surface area (Å²) < 4.78 is 7.31.